The SMILES string of the molecule is Cl.N[C@H](CF)c1cc(C(F)(F)F)ccc1C(F)(F)F. The lowest BCUT2D eigenvalue weighted by Gasteiger charge is -2.18. The minimum absolute atomic E-state index is 0. The van der Waals surface area contributed by atoms with E-state index >= 15 is 0 Å². The zero-order valence-corrected chi connectivity index (χ0v) is 9.96. The zero-order valence-electron chi connectivity index (χ0n) is 9.15. The molecule has 0 fully saturated rings. The predicted molar refractivity (Wildman–Crippen MR) is 56.6 cm³/mol. The van der Waals surface area contributed by atoms with Crippen molar-refractivity contribution in [2.75, 3.05) is 6.67 Å². The third-order valence-corrected chi connectivity index (χ3v) is 2.25. The van der Waals surface area contributed by atoms with Gasteiger partial charge in [-0.1, -0.05) is 0 Å². The first kappa shape index (κ1) is 18.0. The van der Waals surface area contributed by atoms with Crippen molar-refractivity contribution in [3.63, 3.8) is 0 Å². The van der Waals surface area contributed by atoms with Gasteiger partial charge in [-0.05, 0) is 23.8 Å². The van der Waals surface area contributed by atoms with Crippen molar-refractivity contribution in [2.24, 2.45) is 5.73 Å². The fourth-order valence-electron chi connectivity index (χ4n) is 1.39. The molecule has 0 saturated heterocycles. The van der Waals surface area contributed by atoms with E-state index in [2.05, 4.69) is 0 Å². The molecule has 1 nitrogen and oxygen atoms in total. The van der Waals surface area contributed by atoms with Gasteiger partial charge >= 0.3 is 12.4 Å². The summed E-state index contributed by atoms with van der Waals surface area (Å²) in [6.07, 6.45) is -9.69. The molecule has 0 amide bonds. The lowest BCUT2D eigenvalue weighted by Crippen LogP contribution is -2.20. The molecule has 1 rings (SSSR count). The second-order valence-electron chi connectivity index (χ2n) is 3.56. The molecule has 0 aromatic heterocycles. The van der Waals surface area contributed by atoms with Crippen molar-refractivity contribution in [2.45, 2.75) is 18.4 Å². The number of hydrogen-bond donors (Lipinski definition) is 1. The van der Waals surface area contributed by atoms with Crippen LogP contribution in [-0.4, -0.2) is 6.67 Å². The van der Waals surface area contributed by atoms with Crippen LogP contribution in [0.4, 0.5) is 30.7 Å². The van der Waals surface area contributed by atoms with Crippen LogP contribution in [0.25, 0.3) is 0 Å². The lowest BCUT2D eigenvalue weighted by atomic mass is 9.98. The van der Waals surface area contributed by atoms with Crippen LogP contribution in [0.1, 0.15) is 22.7 Å². The Hall–Kier alpha value is -1.02. The van der Waals surface area contributed by atoms with Gasteiger partial charge in [-0.25, -0.2) is 4.39 Å². The molecular weight excluding hydrogens is 303 g/mol. The number of nitrogens with two attached hydrogens (primary N) is 1. The normalized spacial score (nSPS) is 13.9. The Bertz CT molecular complexity index is 427. The monoisotopic (exact) mass is 311 g/mol. The van der Waals surface area contributed by atoms with E-state index in [1.165, 1.54) is 0 Å². The minimum atomic E-state index is -4.88. The largest absolute Gasteiger partial charge is 0.416 e. The van der Waals surface area contributed by atoms with Gasteiger partial charge in [0, 0.05) is 0 Å². The molecular formula is C10H9ClF7N. The van der Waals surface area contributed by atoms with E-state index in [1.807, 2.05) is 0 Å². The van der Waals surface area contributed by atoms with E-state index in [4.69, 9.17) is 5.73 Å². The second-order valence-corrected chi connectivity index (χ2v) is 3.56. The van der Waals surface area contributed by atoms with Gasteiger partial charge in [-0.15, -0.1) is 12.4 Å². The van der Waals surface area contributed by atoms with E-state index < -0.39 is 41.8 Å². The Kier molecular flexibility index (Phi) is 5.64. The summed E-state index contributed by atoms with van der Waals surface area (Å²) >= 11 is 0. The smallest absolute Gasteiger partial charge is 0.322 e. The summed E-state index contributed by atoms with van der Waals surface area (Å²) in [6, 6.07) is -0.971. The first-order valence-electron chi connectivity index (χ1n) is 4.67. The van der Waals surface area contributed by atoms with Gasteiger partial charge in [0.05, 0.1) is 17.2 Å². The van der Waals surface area contributed by atoms with Gasteiger partial charge in [-0.2, -0.15) is 26.3 Å². The predicted octanol–water partition coefficient (Wildman–Crippen LogP) is 4.12. The number of hydrogen-bond acceptors (Lipinski definition) is 1. The van der Waals surface area contributed by atoms with Gasteiger partial charge in [0.25, 0.3) is 0 Å². The van der Waals surface area contributed by atoms with E-state index in [1.54, 1.807) is 0 Å². The maximum Gasteiger partial charge on any atom is 0.416 e. The quantitative estimate of drug-likeness (QED) is 0.817. The molecule has 1 aromatic rings. The molecule has 0 bridgehead atoms. The van der Waals surface area contributed by atoms with Crippen molar-refractivity contribution in [3.05, 3.63) is 34.9 Å². The fourth-order valence-corrected chi connectivity index (χ4v) is 1.39. The van der Waals surface area contributed by atoms with Crippen LogP contribution in [0, 0.1) is 0 Å². The van der Waals surface area contributed by atoms with Crippen LogP contribution >= 0.6 is 12.4 Å². The molecule has 0 radical (unpaired) electrons. The fraction of sp³-hybridized carbons (Fsp3) is 0.400. The van der Waals surface area contributed by atoms with Crippen LogP contribution in [0.3, 0.4) is 0 Å². The molecule has 2 N–H and O–H groups in total. The molecule has 0 aliphatic heterocycles. The highest BCUT2D eigenvalue weighted by Gasteiger charge is 2.38. The molecule has 0 unspecified atom stereocenters. The third-order valence-electron chi connectivity index (χ3n) is 2.25. The molecule has 0 spiro atoms. The molecule has 110 valence electrons. The highest BCUT2D eigenvalue weighted by atomic mass is 35.5. The van der Waals surface area contributed by atoms with Gasteiger partial charge in [0.15, 0.2) is 0 Å². The maximum atomic E-state index is 12.5. The third kappa shape index (κ3) is 4.24. The van der Waals surface area contributed by atoms with Gasteiger partial charge in [-0.3, -0.25) is 0 Å². The summed E-state index contributed by atoms with van der Waals surface area (Å²) in [7, 11) is 0. The second kappa shape index (κ2) is 5.96. The number of benzene rings is 1. The van der Waals surface area contributed by atoms with E-state index in [0.29, 0.717) is 0 Å². The average Bonchev–Trinajstić information content (AvgIpc) is 2.24. The molecule has 19 heavy (non-hydrogen) atoms. The van der Waals surface area contributed by atoms with Crippen molar-refractivity contribution < 1.29 is 30.7 Å². The molecule has 1 atom stereocenters. The Morgan fingerprint density at radius 1 is 1.00 bits per heavy atom. The molecule has 0 heterocycles. The topological polar surface area (TPSA) is 26.0 Å². The summed E-state index contributed by atoms with van der Waals surface area (Å²) in [5.74, 6) is 0. The number of rotatable bonds is 2. The first-order valence-corrected chi connectivity index (χ1v) is 4.67. The molecule has 0 aliphatic rings. The van der Waals surface area contributed by atoms with Crippen molar-refractivity contribution in [1.29, 1.82) is 0 Å². The summed E-state index contributed by atoms with van der Waals surface area (Å²) < 4.78 is 86.9. The molecule has 9 heteroatoms. The lowest BCUT2D eigenvalue weighted by molar-refractivity contribution is -0.142. The Morgan fingerprint density at radius 2 is 1.53 bits per heavy atom. The van der Waals surface area contributed by atoms with Gasteiger partial charge in [0.1, 0.15) is 6.67 Å². The Morgan fingerprint density at radius 3 is 1.89 bits per heavy atom. The highest BCUT2D eigenvalue weighted by Crippen LogP contribution is 2.38. The average molecular weight is 312 g/mol. The van der Waals surface area contributed by atoms with Crippen LogP contribution in [0.2, 0.25) is 0 Å². The zero-order chi connectivity index (χ0) is 14.1. The molecule has 0 saturated carbocycles. The van der Waals surface area contributed by atoms with Gasteiger partial charge < -0.3 is 5.73 Å². The van der Waals surface area contributed by atoms with Crippen LogP contribution < -0.4 is 5.73 Å². The van der Waals surface area contributed by atoms with Crippen molar-refractivity contribution in [1.82, 2.24) is 0 Å². The van der Waals surface area contributed by atoms with E-state index in [-0.39, 0.29) is 30.6 Å². The summed E-state index contributed by atoms with van der Waals surface area (Å²) in [5, 5.41) is 0. The Balaban J connectivity index is 0.00000324. The van der Waals surface area contributed by atoms with Crippen LogP contribution in [0.15, 0.2) is 18.2 Å². The molecule has 1 aromatic carbocycles. The van der Waals surface area contributed by atoms with E-state index in [0.717, 1.165) is 0 Å². The number of halogens is 8. The highest BCUT2D eigenvalue weighted by molar-refractivity contribution is 5.85. The minimum Gasteiger partial charge on any atom is -0.322 e. The van der Waals surface area contributed by atoms with Gasteiger partial charge in [0.2, 0.25) is 0 Å². The Labute approximate surface area is 110 Å². The first-order chi connectivity index (χ1) is 8.07. The number of alkyl halides is 7. The summed E-state index contributed by atoms with van der Waals surface area (Å²) in [6.45, 7) is -1.38. The van der Waals surface area contributed by atoms with Crippen molar-refractivity contribution >= 4 is 12.4 Å². The van der Waals surface area contributed by atoms with Crippen molar-refractivity contribution in [3.8, 4) is 0 Å². The standard InChI is InChI=1S/C10H8F7N.ClH/c11-4-8(18)6-3-5(9(12,13)14)1-2-7(6)10(15,16)17;/h1-3,8H,4,18H2;1H/t8-;/m1./s1. The summed E-state index contributed by atoms with van der Waals surface area (Å²) in [4.78, 5) is 0. The van der Waals surface area contributed by atoms with E-state index in [9.17, 15) is 30.7 Å². The van der Waals surface area contributed by atoms with Crippen LogP contribution in [-0.2, 0) is 12.4 Å². The van der Waals surface area contributed by atoms with Crippen LogP contribution in [0.5, 0.6) is 0 Å². The maximum absolute atomic E-state index is 12.5. The molecule has 0 aliphatic carbocycles. The summed E-state index contributed by atoms with van der Waals surface area (Å²) in [5.41, 5.74) is 1.50.